The van der Waals surface area contributed by atoms with Gasteiger partial charge in [0.1, 0.15) is 0 Å². The molecule has 1 aromatic rings. The van der Waals surface area contributed by atoms with Gasteiger partial charge < -0.3 is 15.4 Å². The molecule has 27 heavy (non-hydrogen) atoms. The molecular formula is C21H38N4OS. The molecule has 154 valence electrons. The number of hydrogen-bond acceptors (Lipinski definition) is 4. The maximum absolute atomic E-state index is 5.63. The number of aliphatic imine (C=N–C) groups is 1. The fraction of sp³-hybridized carbons (Fsp3) is 0.762. The molecule has 5 nitrogen and oxygen atoms in total. The maximum atomic E-state index is 5.63. The van der Waals surface area contributed by atoms with E-state index in [1.165, 1.54) is 30.8 Å². The van der Waals surface area contributed by atoms with Crippen LogP contribution >= 0.6 is 11.3 Å². The molecule has 2 N–H and O–H groups in total. The van der Waals surface area contributed by atoms with Crippen LogP contribution in [0.2, 0.25) is 0 Å². The van der Waals surface area contributed by atoms with E-state index in [9.17, 15) is 0 Å². The van der Waals surface area contributed by atoms with E-state index in [-0.39, 0.29) is 11.5 Å². The summed E-state index contributed by atoms with van der Waals surface area (Å²) in [6.45, 7) is 14.7. The van der Waals surface area contributed by atoms with Crippen molar-refractivity contribution in [2.75, 3.05) is 39.8 Å². The van der Waals surface area contributed by atoms with Crippen LogP contribution < -0.4 is 10.6 Å². The number of rotatable bonds is 8. The first-order valence-corrected chi connectivity index (χ1v) is 11.1. The monoisotopic (exact) mass is 394 g/mol. The number of ether oxygens (including phenoxy) is 1. The molecule has 0 saturated carbocycles. The molecular weight excluding hydrogens is 356 g/mol. The van der Waals surface area contributed by atoms with E-state index in [4.69, 9.17) is 9.73 Å². The average Bonchev–Trinajstić information content (AvgIpc) is 3.13. The third kappa shape index (κ3) is 7.80. The van der Waals surface area contributed by atoms with Gasteiger partial charge in [0.15, 0.2) is 5.96 Å². The predicted molar refractivity (Wildman–Crippen MR) is 117 cm³/mol. The molecule has 6 heteroatoms. The van der Waals surface area contributed by atoms with Crippen molar-refractivity contribution < 1.29 is 4.74 Å². The Hall–Kier alpha value is -1.11. The molecule has 2 heterocycles. The minimum absolute atomic E-state index is 0.0883. The van der Waals surface area contributed by atoms with E-state index < -0.39 is 0 Å². The lowest BCUT2D eigenvalue weighted by Crippen LogP contribution is -2.43. The molecule has 1 aromatic heterocycles. The van der Waals surface area contributed by atoms with Gasteiger partial charge in [-0.2, -0.15) is 0 Å². The molecule has 0 aromatic carbocycles. The summed E-state index contributed by atoms with van der Waals surface area (Å²) in [5.74, 6) is 1.62. The summed E-state index contributed by atoms with van der Waals surface area (Å²) < 4.78 is 5.63. The van der Waals surface area contributed by atoms with Crippen molar-refractivity contribution in [2.24, 2.45) is 16.3 Å². The highest BCUT2D eigenvalue weighted by Gasteiger charge is 2.24. The molecule has 1 unspecified atom stereocenters. The summed E-state index contributed by atoms with van der Waals surface area (Å²) in [5.41, 5.74) is 0.0883. The number of nitrogens with zero attached hydrogens (tertiary/aromatic N) is 2. The van der Waals surface area contributed by atoms with E-state index in [0.29, 0.717) is 12.5 Å². The van der Waals surface area contributed by atoms with Crippen LogP contribution in [-0.4, -0.2) is 56.8 Å². The Bertz CT molecular complexity index is 545. The molecule has 1 aliphatic heterocycles. The third-order valence-corrected chi connectivity index (χ3v) is 6.10. The predicted octanol–water partition coefficient (Wildman–Crippen LogP) is 3.58. The number of nitrogens with one attached hydrogen (secondary N) is 2. The first-order valence-electron chi connectivity index (χ1n) is 10.2. The van der Waals surface area contributed by atoms with E-state index in [1.807, 2.05) is 11.3 Å². The zero-order chi connectivity index (χ0) is 19.7. The van der Waals surface area contributed by atoms with Gasteiger partial charge in [0.2, 0.25) is 0 Å². The van der Waals surface area contributed by atoms with Crippen molar-refractivity contribution in [1.29, 1.82) is 0 Å². The molecule has 1 aliphatic rings. The van der Waals surface area contributed by atoms with Crippen LogP contribution in [0.25, 0.3) is 0 Å². The van der Waals surface area contributed by atoms with Gasteiger partial charge in [-0.05, 0) is 55.6 Å². The van der Waals surface area contributed by atoms with Gasteiger partial charge in [-0.1, -0.05) is 26.8 Å². The minimum Gasteiger partial charge on any atom is -0.379 e. The van der Waals surface area contributed by atoms with Gasteiger partial charge in [0.25, 0.3) is 0 Å². The summed E-state index contributed by atoms with van der Waals surface area (Å²) in [6.07, 6.45) is 2.62. The Morgan fingerprint density at radius 3 is 2.63 bits per heavy atom. The number of likely N-dealkylation sites (tertiary alicyclic amines) is 1. The van der Waals surface area contributed by atoms with E-state index in [2.05, 4.69) is 60.7 Å². The topological polar surface area (TPSA) is 48.9 Å². The molecule has 0 spiro atoms. The van der Waals surface area contributed by atoms with Crippen LogP contribution in [0.5, 0.6) is 0 Å². The summed E-state index contributed by atoms with van der Waals surface area (Å²) in [6, 6.07) is 4.38. The zero-order valence-corrected chi connectivity index (χ0v) is 18.6. The van der Waals surface area contributed by atoms with Crippen molar-refractivity contribution in [3.63, 3.8) is 0 Å². The van der Waals surface area contributed by atoms with Crippen molar-refractivity contribution in [3.8, 4) is 0 Å². The van der Waals surface area contributed by atoms with E-state index in [0.717, 1.165) is 25.6 Å². The van der Waals surface area contributed by atoms with Crippen LogP contribution in [0, 0.1) is 11.3 Å². The lowest BCUT2D eigenvalue weighted by Gasteiger charge is -2.32. The van der Waals surface area contributed by atoms with Crippen molar-refractivity contribution in [3.05, 3.63) is 22.4 Å². The minimum atomic E-state index is 0.0883. The maximum Gasteiger partial charge on any atom is 0.191 e. The molecule has 1 fully saturated rings. The molecule has 1 atom stereocenters. The zero-order valence-electron chi connectivity index (χ0n) is 17.8. The molecule has 2 rings (SSSR count). The van der Waals surface area contributed by atoms with Gasteiger partial charge in [-0.25, -0.2) is 0 Å². The van der Waals surface area contributed by atoms with Gasteiger partial charge in [0.05, 0.1) is 12.6 Å². The summed E-state index contributed by atoms with van der Waals surface area (Å²) in [4.78, 5) is 8.81. The Labute approximate surface area is 169 Å². The standard InChI is InChI=1S/C21H38N4OS/c1-6-22-20(24-15-19(26-5)21(2,3)4)23-14-17-9-11-25(12-10-17)16-18-8-7-13-27-18/h7-8,13,17,19H,6,9-12,14-16H2,1-5H3,(H2,22,23,24). The number of piperidine rings is 1. The van der Waals surface area contributed by atoms with Crippen LogP contribution in [0.15, 0.2) is 22.5 Å². The molecule has 1 saturated heterocycles. The van der Waals surface area contributed by atoms with Gasteiger partial charge in [0, 0.05) is 31.6 Å². The van der Waals surface area contributed by atoms with Crippen molar-refractivity contribution >= 4 is 17.3 Å². The second-order valence-corrected chi connectivity index (χ2v) is 9.52. The second-order valence-electron chi connectivity index (χ2n) is 8.49. The molecule has 0 amide bonds. The largest absolute Gasteiger partial charge is 0.379 e. The molecule has 0 radical (unpaired) electrons. The van der Waals surface area contributed by atoms with Gasteiger partial charge in [-0.3, -0.25) is 9.89 Å². The number of methoxy groups -OCH3 is 1. The lowest BCUT2D eigenvalue weighted by molar-refractivity contribution is 0.0241. The smallest absolute Gasteiger partial charge is 0.191 e. The van der Waals surface area contributed by atoms with Crippen LogP contribution in [0.4, 0.5) is 0 Å². The normalized spacial score (nSPS) is 18.5. The number of hydrogen-bond donors (Lipinski definition) is 2. The Morgan fingerprint density at radius 1 is 1.33 bits per heavy atom. The summed E-state index contributed by atoms with van der Waals surface area (Å²) in [5, 5.41) is 9.08. The summed E-state index contributed by atoms with van der Waals surface area (Å²) in [7, 11) is 1.77. The third-order valence-electron chi connectivity index (χ3n) is 5.23. The Balaban J connectivity index is 1.76. The highest BCUT2D eigenvalue weighted by Crippen LogP contribution is 2.22. The van der Waals surface area contributed by atoms with E-state index in [1.54, 1.807) is 7.11 Å². The molecule has 0 aliphatic carbocycles. The van der Waals surface area contributed by atoms with Crippen LogP contribution in [0.1, 0.15) is 45.4 Å². The Kier molecular flexibility index (Phi) is 9.06. The molecule has 0 bridgehead atoms. The lowest BCUT2D eigenvalue weighted by atomic mass is 9.89. The fourth-order valence-electron chi connectivity index (χ4n) is 3.43. The highest BCUT2D eigenvalue weighted by atomic mass is 32.1. The quantitative estimate of drug-likeness (QED) is 0.523. The fourth-order valence-corrected chi connectivity index (χ4v) is 4.18. The highest BCUT2D eigenvalue weighted by molar-refractivity contribution is 7.09. The van der Waals surface area contributed by atoms with Gasteiger partial charge >= 0.3 is 0 Å². The first kappa shape index (κ1) is 22.2. The number of guanidine groups is 1. The Morgan fingerprint density at radius 2 is 2.07 bits per heavy atom. The van der Waals surface area contributed by atoms with Crippen molar-refractivity contribution in [2.45, 2.75) is 53.2 Å². The SMILES string of the molecule is CCNC(=NCC(OC)C(C)(C)C)NCC1CCN(Cc2cccs2)CC1. The van der Waals surface area contributed by atoms with Gasteiger partial charge in [-0.15, -0.1) is 11.3 Å². The first-order chi connectivity index (χ1) is 12.9. The van der Waals surface area contributed by atoms with Crippen molar-refractivity contribution in [1.82, 2.24) is 15.5 Å². The van der Waals surface area contributed by atoms with Crippen LogP contribution in [0.3, 0.4) is 0 Å². The van der Waals surface area contributed by atoms with Crippen LogP contribution in [-0.2, 0) is 11.3 Å². The number of thiophene rings is 1. The second kappa shape index (κ2) is 11.0. The summed E-state index contributed by atoms with van der Waals surface area (Å²) >= 11 is 1.86. The van der Waals surface area contributed by atoms with E-state index >= 15 is 0 Å². The average molecular weight is 395 g/mol.